The van der Waals surface area contributed by atoms with E-state index in [9.17, 15) is 4.79 Å². The van der Waals surface area contributed by atoms with E-state index >= 15 is 0 Å². The third-order valence-electron chi connectivity index (χ3n) is 2.80. The number of carbonyl (C=O) groups is 1. The minimum absolute atomic E-state index is 0.00463. The van der Waals surface area contributed by atoms with Crippen LogP contribution in [0.1, 0.15) is 22.5 Å². The van der Waals surface area contributed by atoms with E-state index in [0.717, 1.165) is 5.69 Å². The molecule has 0 unspecified atom stereocenters. The summed E-state index contributed by atoms with van der Waals surface area (Å²) in [4.78, 5) is 16.4. The van der Waals surface area contributed by atoms with Gasteiger partial charge in [-0.05, 0) is 36.8 Å². The molecular formula is C15H14ClNO2. The van der Waals surface area contributed by atoms with Crippen LogP contribution in [0.25, 0.3) is 0 Å². The Morgan fingerprint density at radius 3 is 2.84 bits per heavy atom. The number of halogens is 1. The van der Waals surface area contributed by atoms with Crippen LogP contribution < -0.4 is 4.74 Å². The largest absolute Gasteiger partial charge is 0.496 e. The summed E-state index contributed by atoms with van der Waals surface area (Å²) in [5, 5.41) is 0.530. The molecule has 4 heteroatoms. The Labute approximate surface area is 117 Å². The molecule has 3 nitrogen and oxygen atoms in total. The minimum atomic E-state index is 0.00463. The molecule has 2 rings (SSSR count). The van der Waals surface area contributed by atoms with E-state index in [1.807, 2.05) is 18.2 Å². The number of carbonyl (C=O) groups excluding carboxylic acids is 1. The average Bonchev–Trinajstić information content (AvgIpc) is 2.46. The second-order valence-electron chi connectivity index (χ2n) is 4.09. The van der Waals surface area contributed by atoms with Crippen molar-refractivity contribution < 1.29 is 9.53 Å². The summed E-state index contributed by atoms with van der Waals surface area (Å²) >= 11 is 5.91. The molecule has 0 bridgehead atoms. The van der Waals surface area contributed by atoms with Crippen molar-refractivity contribution in [2.45, 2.75) is 12.8 Å². The van der Waals surface area contributed by atoms with E-state index in [1.54, 1.807) is 31.5 Å². The van der Waals surface area contributed by atoms with Crippen molar-refractivity contribution in [3.8, 4) is 5.75 Å². The molecule has 1 aromatic heterocycles. The Kier molecular flexibility index (Phi) is 4.53. The Hall–Kier alpha value is -1.87. The maximum Gasteiger partial charge on any atom is 0.167 e. The maximum absolute atomic E-state index is 12.2. The molecule has 0 saturated heterocycles. The fourth-order valence-corrected chi connectivity index (χ4v) is 1.99. The van der Waals surface area contributed by atoms with E-state index in [1.165, 1.54) is 0 Å². The SMILES string of the molecule is COc1ccc(Cl)cc1C(=O)CCc1ccccn1. The lowest BCUT2D eigenvalue weighted by atomic mass is 10.0. The smallest absolute Gasteiger partial charge is 0.167 e. The highest BCUT2D eigenvalue weighted by molar-refractivity contribution is 6.31. The van der Waals surface area contributed by atoms with Crippen LogP contribution >= 0.6 is 11.6 Å². The lowest BCUT2D eigenvalue weighted by Gasteiger charge is -2.07. The van der Waals surface area contributed by atoms with Crippen LogP contribution in [0, 0.1) is 0 Å². The first-order chi connectivity index (χ1) is 9.20. The predicted octanol–water partition coefficient (Wildman–Crippen LogP) is 3.56. The molecule has 0 aliphatic rings. The molecule has 1 heterocycles. The number of pyridine rings is 1. The molecule has 0 radical (unpaired) electrons. The second-order valence-corrected chi connectivity index (χ2v) is 4.53. The quantitative estimate of drug-likeness (QED) is 0.783. The zero-order chi connectivity index (χ0) is 13.7. The summed E-state index contributed by atoms with van der Waals surface area (Å²) in [6.07, 6.45) is 2.71. The molecular weight excluding hydrogens is 262 g/mol. The first kappa shape index (κ1) is 13.6. The van der Waals surface area contributed by atoms with Gasteiger partial charge < -0.3 is 4.74 Å². The maximum atomic E-state index is 12.2. The Balaban J connectivity index is 2.10. The van der Waals surface area contributed by atoms with Crippen LogP contribution in [0.15, 0.2) is 42.6 Å². The van der Waals surface area contributed by atoms with Crippen molar-refractivity contribution in [2.75, 3.05) is 7.11 Å². The number of ether oxygens (including phenoxy) is 1. The van der Waals surface area contributed by atoms with Crippen molar-refractivity contribution in [1.29, 1.82) is 0 Å². The zero-order valence-electron chi connectivity index (χ0n) is 10.6. The third kappa shape index (κ3) is 3.55. The summed E-state index contributed by atoms with van der Waals surface area (Å²) < 4.78 is 5.18. The van der Waals surface area contributed by atoms with Gasteiger partial charge in [0.2, 0.25) is 0 Å². The van der Waals surface area contributed by atoms with E-state index in [4.69, 9.17) is 16.3 Å². The fraction of sp³-hybridized carbons (Fsp3) is 0.200. The van der Waals surface area contributed by atoms with Crippen molar-refractivity contribution in [1.82, 2.24) is 4.98 Å². The number of nitrogens with zero attached hydrogens (tertiary/aromatic N) is 1. The predicted molar refractivity (Wildman–Crippen MR) is 74.9 cm³/mol. The normalized spacial score (nSPS) is 10.2. The summed E-state index contributed by atoms with van der Waals surface area (Å²) in [5.74, 6) is 0.556. The summed E-state index contributed by atoms with van der Waals surface area (Å²) in [7, 11) is 1.54. The number of aromatic nitrogens is 1. The molecule has 0 aliphatic carbocycles. The second kappa shape index (κ2) is 6.34. The van der Waals surface area contributed by atoms with Gasteiger partial charge in [-0.15, -0.1) is 0 Å². The van der Waals surface area contributed by atoms with Gasteiger partial charge >= 0.3 is 0 Å². The van der Waals surface area contributed by atoms with E-state index in [0.29, 0.717) is 29.2 Å². The van der Waals surface area contributed by atoms with Gasteiger partial charge in [-0.2, -0.15) is 0 Å². The number of aryl methyl sites for hydroxylation is 1. The third-order valence-corrected chi connectivity index (χ3v) is 3.03. The number of hydrogen-bond acceptors (Lipinski definition) is 3. The molecule has 0 spiro atoms. The van der Waals surface area contributed by atoms with Crippen LogP contribution in [0.5, 0.6) is 5.75 Å². The number of ketones is 1. The monoisotopic (exact) mass is 275 g/mol. The molecule has 0 fully saturated rings. The van der Waals surface area contributed by atoms with Gasteiger partial charge in [0.05, 0.1) is 12.7 Å². The highest BCUT2D eigenvalue weighted by atomic mass is 35.5. The van der Waals surface area contributed by atoms with Crippen molar-refractivity contribution in [3.63, 3.8) is 0 Å². The molecule has 0 saturated carbocycles. The number of rotatable bonds is 5. The van der Waals surface area contributed by atoms with Crippen LogP contribution in [-0.2, 0) is 6.42 Å². The van der Waals surface area contributed by atoms with Crippen LogP contribution in [0.2, 0.25) is 5.02 Å². The van der Waals surface area contributed by atoms with Gasteiger partial charge in [-0.25, -0.2) is 0 Å². The molecule has 2 aromatic rings. The molecule has 0 amide bonds. The molecule has 19 heavy (non-hydrogen) atoms. The fourth-order valence-electron chi connectivity index (χ4n) is 1.82. The molecule has 0 N–H and O–H groups in total. The van der Waals surface area contributed by atoms with E-state index in [-0.39, 0.29) is 5.78 Å². The highest BCUT2D eigenvalue weighted by Crippen LogP contribution is 2.24. The van der Waals surface area contributed by atoms with Crippen LogP contribution in [-0.4, -0.2) is 17.9 Å². The van der Waals surface area contributed by atoms with Crippen LogP contribution in [0.4, 0.5) is 0 Å². The number of Topliss-reactive ketones (excluding diaryl/α,β-unsaturated/α-hetero) is 1. The lowest BCUT2D eigenvalue weighted by molar-refractivity contribution is 0.0979. The lowest BCUT2D eigenvalue weighted by Crippen LogP contribution is -2.04. The Morgan fingerprint density at radius 2 is 2.16 bits per heavy atom. The van der Waals surface area contributed by atoms with Gasteiger partial charge in [0.1, 0.15) is 5.75 Å². The number of methoxy groups -OCH3 is 1. The summed E-state index contributed by atoms with van der Waals surface area (Å²) in [6, 6.07) is 10.7. The van der Waals surface area contributed by atoms with Gasteiger partial charge in [0.15, 0.2) is 5.78 Å². The average molecular weight is 276 g/mol. The molecule has 98 valence electrons. The topological polar surface area (TPSA) is 39.2 Å². The van der Waals surface area contributed by atoms with Crippen molar-refractivity contribution in [3.05, 3.63) is 58.9 Å². The molecule has 1 aromatic carbocycles. The molecule has 0 atom stereocenters. The van der Waals surface area contributed by atoms with Gasteiger partial charge in [0, 0.05) is 23.3 Å². The number of hydrogen-bond donors (Lipinski definition) is 0. The van der Waals surface area contributed by atoms with Gasteiger partial charge in [-0.1, -0.05) is 17.7 Å². The van der Waals surface area contributed by atoms with Gasteiger partial charge in [0.25, 0.3) is 0 Å². The van der Waals surface area contributed by atoms with Crippen molar-refractivity contribution in [2.24, 2.45) is 0 Å². The van der Waals surface area contributed by atoms with Gasteiger partial charge in [-0.3, -0.25) is 9.78 Å². The Morgan fingerprint density at radius 1 is 1.32 bits per heavy atom. The van der Waals surface area contributed by atoms with Crippen molar-refractivity contribution >= 4 is 17.4 Å². The molecule has 0 aliphatic heterocycles. The Bertz CT molecular complexity index is 570. The zero-order valence-corrected chi connectivity index (χ0v) is 11.4. The minimum Gasteiger partial charge on any atom is -0.496 e. The number of benzene rings is 1. The first-order valence-electron chi connectivity index (χ1n) is 5.97. The van der Waals surface area contributed by atoms with Crippen LogP contribution in [0.3, 0.4) is 0 Å². The van der Waals surface area contributed by atoms with E-state index < -0.39 is 0 Å². The first-order valence-corrected chi connectivity index (χ1v) is 6.35. The van der Waals surface area contributed by atoms with E-state index in [2.05, 4.69) is 4.98 Å². The highest BCUT2D eigenvalue weighted by Gasteiger charge is 2.13. The standard InChI is InChI=1S/C15H14ClNO2/c1-19-15-8-5-11(16)10-13(15)14(18)7-6-12-4-2-3-9-17-12/h2-5,8-10H,6-7H2,1H3. The summed E-state index contributed by atoms with van der Waals surface area (Å²) in [5.41, 5.74) is 1.42. The summed E-state index contributed by atoms with van der Waals surface area (Å²) in [6.45, 7) is 0.